The smallest absolute Gasteiger partial charge is 0.410 e. The van der Waals surface area contributed by atoms with Gasteiger partial charge in [-0.15, -0.1) is 0 Å². The monoisotopic (exact) mass is 500 g/mol. The van der Waals surface area contributed by atoms with Crippen LogP contribution in [0.1, 0.15) is 63.2 Å². The van der Waals surface area contributed by atoms with E-state index in [-0.39, 0.29) is 36.3 Å². The van der Waals surface area contributed by atoms with Gasteiger partial charge in [-0.25, -0.2) is 9.59 Å². The summed E-state index contributed by atoms with van der Waals surface area (Å²) >= 11 is 0. The standard InChI is InChI=1S/C26H36N4O6/c1-25(2,3)36-24(34)29-15-10-26(11-16-29)8-13-28(14-9-26)22(32)18-5-6-20(35-4)19(17-18)30-12-7-21(31)27-23(30)33/h5-6,17H,7-16H2,1-4H3,(H,27,31,33). The molecule has 36 heavy (non-hydrogen) atoms. The summed E-state index contributed by atoms with van der Waals surface area (Å²) in [6.45, 7) is 8.48. The number of carbonyl (C=O) groups is 4. The van der Waals surface area contributed by atoms with Gasteiger partial charge in [0, 0.05) is 44.7 Å². The van der Waals surface area contributed by atoms with Crippen molar-refractivity contribution in [3.8, 4) is 5.75 Å². The summed E-state index contributed by atoms with van der Waals surface area (Å²) in [5.74, 6) is 0.0560. The number of hydrogen-bond donors (Lipinski definition) is 1. The fourth-order valence-corrected chi connectivity index (χ4v) is 5.18. The minimum atomic E-state index is -0.521. The SMILES string of the molecule is COc1ccc(C(=O)N2CCC3(CCN(C(=O)OC(C)(C)C)CC3)CC2)cc1N1CCC(=O)NC1=O. The van der Waals surface area contributed by atoms with Gasteiger partial charge in [0.05, 0.1) is 12.8 Å². The molecule has 10 nitrogen and oxygen atoms in total. The van der Waals surface area contributed by atoms with E-state index in [1.54, 1.807) is 23.1 Å². The molecule has 3 aliphatic rings. The van der Waals surface area contributed by atoms with Gasteiger partial charge in [0.1, 0.15) is 11.4 Å². The van der Waals surface area contributed by atoms with Crippen LogP contribution in [0, 0.1) is 5.41 Å². The average Bonchev–Trinajstić information content (AvgIpc) is 2.83. The van der Waals surface area contributed by atoms with E-state index in [1.807, 2.05) is 25.7 Å². The van der Waals surface area contributed by atoms with Crippen LogP contribution < -0.4 is 15.0 Å². The highest BCUT2D eigenvalue weighted by atomic mass is 16.6. The van der Waals surface area contributed by atoms with Gasteiger partial charge in [-0.1, -0.05) is 0 Å². The second kappa shape index (κ2) is 9.99. The molecule has 1 aromatic carbocycles. The number of nitrogens with zero attached hydrogens (tertiary/aromatic N) is 3. The topological polar surface area (TPSA) is 108 Å². The number of nitrogens with one attached hydrogen (secondary N) is 1. The predicted molar refractivity (Wildman–Crippen MR) is 133 cm³/mol. The highest BCUT2D eigenvalue weighted by Crippen LogP contribution is 2.42. The van der Waals surface area contributed by atoms with Gasteiger partial charge in [-0.2, -0.15) is 0 Å². The summed E-state index contributed by atoms with van der Waals surface area (Å²) < 4.78 is 10.9. The van der Waals surface area contributed by atoms with E-state index in [1.165, 1.54) is 12.0 Å². The summed E-state index contributed by atoms with van der Waals surface area (Å²) in [4.78, 5) is 54.8. The number of rotatable bonds is 3. The van der Waals surface area contributed by atoms with Crippen LogP contribution in [0.15, 0.2) is 18.2 Å². The van der Waals surface area contributed by atoms with Crippen molar-refractivity contribution < 1.29 is 28.7 Å². The molecular formula is C26H36N4O6. The number of piperidine rings is 2. The Balaban J connectivity index is 1.38. The Morgan fingerprint density at radius 2 is 1.56 bits per heavy atom. The molecule has 0 aliphatic carbocycles. The third-order valence-electron chi connectivity index (χ3n) is 7.36. The molecule has 3 aliphatic heterocycles. The molecule has 10 heteroatoms. The summed E-state index contributed by atoms with van der Waals surface area (Å²) in [5.41, 5.74) is 0.579. The van der Waals surface area contributed by atoms with Crippen molar-refractivity contribution in [2.75, 3.05) is 44.7 Å². The summed E-state index contributed by atoms with van der Waals surface area (Å²) in [6.07, 6.45) is 3.52. The van der Waals surface area contributed by atoms with Crippen molar-refractivity contribution in [1.82, 2.24) is 15.1 Å². The van der Waals surface area contributed by atoms with Crippen LogP contribution in [-0.4, -0.2) is 79.2 Å². The van der Waals surface area contributed by atoms with Crippen LogP contribution in [0.5, 0.6) is 5.75 Å². The number of anilines is 1. The van der Waals surface area contributed by atoms with Gasteiger partial charge < -0.3 is 19.3 Å². The van der Waals surface area contributed by atoms with Gasteiger partial charge in [0.15, 0.2) is 0 Å². The van der Waals surface area contributed by atoms with Crippen molar-refractivity contribution in [2.24, 2.45) is 5.41 Å². The number of methoxy groups -OCH3 is 1. The van der Waals surface area contributed by atoms with E-state index in [4.69, 9.17) is 9.47 Å². The van der Waals surface area contributed by atoms with E-state index < -0.39 is 11.6 Å². The van der Waals surface area contributed by atoms with Gasteiger partial charge in [0.2, 0.25) is 5.91 Å². The van der Waals surface area contributed by atoms with Gasteiger partial charge in [-0.05, 0) is 70.1 Å². The highest BCUT2D eigenvalue weighted by molar-refractivity contribution is 6.07. The number of benzene rings is 1. The second-order valence-electron chi connectivity index (χ2n) is 10.9. The van der Waals surface area contributed by atoms with Crippen molar-refractivity contribution >= 4 is 29.6 Å². The molecule has 0 radical (unpaired) electrons. The van der Waals surface area contributed by atoms with Crippen LogP contribution in [0.25, 0.3) is 0 Å². The fraction of sp³-hybridized carbons (Fsp3) is 0.615. The highest BCUT2D eigenvalue weighted by Gasteiger charge is 2.40. The molecular weight excluding hydrogens is 464 g/mol. The first kappa shape index (κ1) is 25.8. The van der Waals surface area contributed by atoms with Crippen molar-refractivity contribution in [3.63, 3.8) is 0 Å². The van der Waals surface area contributed by atoms with E-state index in [2.05, 4.69) is 5.32 Å². The normalized spacial score (nSPS) is 20.3. The van der Waals surface area contributed by atoms with Gasteiger partial charge in [-0.3, -0.25) is 19.8 Å². The molecule has 3 heterocycles. The molecule has 5 amide bonds. The fourth-order valence-electron chi connectivity index (χ4n) is 5.18. The van der Waals surface area contributed by atoms with E-state index in [0.29, 0.717) is 43.2 Å². The summed E-state index contributed by atoms with van der Waals surface area (Å²) in [7, 11) is 1.51. The molecule has 0 bridgehead atoms. The lowest BCUT2D eigenvalue weighted by Crippen LogP contribution is -2.50. The number of urea groups is 1. The molecule has 0 unspecified atom stereocenters. The largest absolute Gasteiger partial charge is 0.495 e. The maximum absolute atomic E-state index is 13.4. The maximum Gasteiger partial charge on any atom is 0.410 e. The molecule has 4 rings (SSSR count). The van der Waals surface area contributed by atoms with Gasteiger partial charge in [0.25, 0.3) is 5.91 Å². The first-order chi connectivity index (χ1) is 17.0. The minimum absolute atomic E-state index is 0.0894. The minimum Gasteiger partial charge on any atom is -0.495 e. The number of hydrogen-bond acceptors (Lipinski definition) is 6. The Bertz CT molecular complexity index is 1030. The quantitative estimate of drug-likeness (QED) is 0.682. The number of carbonyl (C=O) groups excluding carboxylic acids is 4. The van der Waals surface area contributed by atoms with Crippen LogP contribution in [0.4, 0.5) is 15.3 Å². The van der Waals surface area contributed by atoms with Crippen LogP contribution in [0.2, 0.25) is 0 Å². The first-order valence-electron chi connectivity index (χ1n) is 12.6. The van der Waals surface area contributed by atoms with E-state index in [0.717, 1.165) is 25.7 Å². The van der Waals surface area contributed by atoms with Crippen molar-refractivity contribution in [3.05, 3.63) is 23.8 Å². The molecule has 1 spiro atoms. The van der Waals surface area contributed by atoms with Crippen LogP contribution in [-0.2, 0) is 9.53 Å². The Morgan fingerprint density at radius 1 is 0.944 bits per heavy atom. The molecule has 0 atom stereocenters. The molecule has 3 fully saturated rings. The Kier molecular flexibility index (Phi) is 7.15. The first-order valence-corrected chi connectivity index (χ1v) is 12.6. The Hall–Kier alpha value is -3.30. The average molecular weight is 501 g/mol. The molecule has 1 N–H and O–H groups in total. The lowest BCUT2D eigenvalue weighted by molar-refractivity contribution is -0.120. The zero-order valence-corrected chi connectivity index (χ0v) is 21.6. The Labute approximate surface area is 211 Å². The van der Waals surface area contributed by atoms with Crippen LogP contribution >= 0.6 is 0 Å². The second-order valence-corrected chi connectivity index (χ2v) is 10.9. The third kappa shape index (κ3) is 5.57. The summed E-state index contributed by atoms with van der Waals surface area (Å²) in [5, 5.41) is 2.31. The number of imide groups is 1. The lowest BCUT2D eigenvalue weighted by Gasteiger charge is -2.46. The number of amides is 5. The molecule has 3 saturated heterocycles. The molecule has 1 aromatic rings. The predicted octanol–water partition coefficient (Wildman–Crippen LogP) is 3.39. The van der Waals surface area contributed by atoms with Gasteiger partial charge >= 0.3 is 12.1 Å². The summed E-state index contributed by atoms with van der Waals surface area (Å²) in [6, 6.07) is 4.54. The molecule has 0 aromatic heterocycles. The number of ether oxygens (including phenoxy) is 2. The van der Waals surface area contributed by atoms with Crippen LogP contribution in [0.3, 0.4) is 0 Å². The van der Waals surface area contributed by atoms with E-state index in [9.17, 15) is 19.2 Å². The Morgan fingerprint density at radius 3 is 2.11 bits per heavy atom. The van der Waals surface area contributed by atoms with Crippen molar-refractivity contribution in [2.45, 2.75) is 58.5 Å². The maximum atomic E-state index is 13.4. The lowest BCUT2D eigenvalue weighted by atomic mass is 9.71. The number of likely N-dealkylation sites (tertiary alicyclic amines) is 2. The third-order valence-corrected chi connectivity index (χ3v) is 7.36. The molecule has 196 valence electrons. The zero-order valence-electron chi connectivity index (χ0n) is 21.6. The molecule has 0 saturated carbocycles. The van der Waals surface area contributed by atoms with Crippen molar-refractivity contribution in [1.29, 1.82) is 0 Å². The van der Waals surface area contributed by atoms with E-state index >= 15 is 0 Å². The zero-order chi connectivity index (χ0) is 26.1.